The highest BCUT2D eigenvalue weighted by Gasteiger charge is 2.16. The van der Waals surface area contributed by atoms with E-state index in [1.54, 1.807) is 6.92 Å². The summed E-state index contributed by atoms with van der Waals surface area (Å²) in [6, 6.07) is 3.95. The monoisotopic (exact) mass is 186 g/mol. The van der Waals surface area contributed by atoms with E-state index in [-0.39, 0.29) is 11.0 Å². The number of hydrogen-bond acceptors (Lipinski definition) is 2. The van der Waals surface area contributed by atoms with Gasteiger partial charge in [-0.15, -0.1) is 0 Å². The topological polar surface area (TPSA) is 40.5 Å². The first-order valence-corrected chi connectivity index (χ1v) is 3.77. The van der Waals surface area contributed by atoms with Crippen LogP contribution in [0.2, 0.25) is 0 Å². The van der Waals surface area contributed by atoms with E-state index in [0.717, 1.165) is 6.07 Å². The molecule has 0 aliphatic carbocycles. The van der Waals surface area contributed by atoms with Gasteiger partial charge in [-0.2, -0.15) is 0 Å². The van der Waals surface area contributed by atoms with E-state index in [4.69, 9.17) is 10.0 Å². The first-order valence-electron chi connectivity index (χ1n) is 3.77. The molecular formula is C8H9BF2O2. The van der Waals surface area contributed by atoms with Crippen LogP contribution in [-0.2, 0) is 0 Å². The highest BCUT2D eigenvalue weighted by Crippen LogP contribution is 2.20. The molecule has 0 unspecified atom stereocenters. The minimum absolute atomic E-state index is 0.0842. The van der Waals surface area contributed by atoms with Crippen molar-refractivity contribution in [1.82, 2.24) is 0 Å². The molecule has 1 aromatic carbocycles. The molecule has 0 heterocycles. The van der Waals surface area contributed by atoms with Gasteiger partial charge in [-0.1, -0.05) is 18.2 Å². The van der Waals surface area contributed by atoms with Gasteiger partial charge in [-0.25, -0.2) is 8.78 Å². The van der Waals surface area contributed by atoms with Crippen molar-refractivity contribution >= 4 is 12.6 Å². The Morgan fingerprint density at radius 1 is 1.31 bits per heavy atom. The smallest absolute Gasteiger partial charge is 0.423 e. The maximum atomic E-state index is 12.3. The highest BCUT2D eigenvalue weighted by atomic mass is 19.3. The highest BCUT2D eigenvalue weighted by molar-refractivity contribution is 6.58. The standard InChI is InChI=1S/C8H9BF2O2/c1-5-2-3-6(9(12)13)4-7(5)8(10)11/h2-4,8,12-13H,1H3. The van der Waals surface area contributed by atoms with E-state index in [1.165, 1.54) is 12.1 Å². The molecule has 0 spiro atoms. The molecule has 0 bridgehead atoms. The lowest BCUT2D eigenvalue weighted by molar-refractivity contribution is 0.150. The van der Waals surface area contributed by atoms with Crippen molar-refractivity contribution in [2.45, 2.75) is 13.3 Å². The van der Waals surface area contributed by atoms with Gasteiger partial charge >= 0.3 is 7.12 Å². The van der Waals surface area contributed by atoms with Crippen molar-refractivity contribution in [3.63, 3.8) is 0 Å². The number of alkyl halides is 2. The largest absolute Gasteiger partial charge is 0.488 e. The minimum Gasteiger partial charge on any atom is -0.423 e. The Balaban J connectivity index is 3.11. The van der Waals surface area contributed by atoms with Gasteiger partial charge < -0.3 is 10.0 Å². The van der Waals surface area contributed by atoms with Gasteiger partial charge in [0, 0.05) is 5.56 Å². The van der Waals surface area contributed by atoms with Crippen molar-refractivity contribution in [2.75, 3.05) is 0 Å². The van der Waals surface area contributed by atoms with Gasteiger partial charge in [0.1, 0.15) is 0 Å². The molecule has 1 aromatic rings. The molecule has 0 aliphatic rings. The van der Waals surface area contributed by atoms with Crippen LogP contribution >= 0.6 is 0 Å². The Hall–Kier alpha value is -0.935. The van der Waals surface area contributed by atoms with E-state index < -0.39 is 13.5 Å². The zero-order valence-electron chi connectivity index (χ0n) is 7.04. The summed E-state index contributed by atoms with van der Waals surface area (Å²) in [6.45, 7) is 1.55. The summed E-state index contributed by atoms with van der Waals surface area (Å²) in [5, 5.41) is 17.5. The lowest BCUT2D eigenvalue weighted by Gasteiger charge is -2.06. The van der Waals surface area contributed by atoms with Crippen LogP contribution in [-0.4, -0.2) is 17.2 Å². The van der Waals surface area contributed by atoms with E-state index >= 15 is 0 Å². The molecule has 70 valence electrons. The zero-order valence-corrected chi connectivity index (χ0v) is 7.04. The normalized spacial score (nSPS) is 10.6. The molecule has 2 N–H and O–H groups in total. The molecule has 0 saturated heterocycles. The van der Waals surface area contributed by atoms with Gasteiger partial charge in [0.05, 0.1) is 0 Å². The first kappa shape index (κ1) is 10.1. The number of hydrogen-bond donors (Lipinski definition) is 2. The Bertz CT molecular complexity index is 302. The number of aryl methyl sites for hydroxylation is 1. The fourth-order valence-electron chi connectivity index (χ4n) is 1.05. The Kier molecular flexibility index (Phi) is 3.00. The quantitative estimate of drug-likeness (QED) is 0.664. The van der Waals surface area contributed by atoms with Gasteiger partial charge in [0.2, 0.25) is 0 Å². The predicted molar refractivity (Wildman–Crippen MR) is 46.0 cm³/mol. The third-order valence-electron chi connectivity index (χ3n) is 1.84. The lowest BCUT2D eigenvalue weighted by Crippen LogP contribution is -2.30. The molecular weight excluding hydrogens is 177 g/mol. The van der Waals surface area contributed by atoms with Crippen LogP contribution in [0, 0.1) is 6.92 Å². The molecule has 0 amide bonds. The second-order valence-corrected chi connectivity index (χ2v) is 2.79. The van der Waals surface area contributed by atoms with Crippen molar-refractivity contribution in [3.8, 4) is 0 Å². The second kappa shape index (κ2) is 3.85. The summed E-state index contributed by atoms with van der Waals surface area (Å²) in [5.41, 5.74) is 0.367. The van der Waals surface area contributed by atoms with Crippen LogP contribution in [0.1, 0.15) is 17.6 Å². The number of rotatable bonds is 2. The maximum Gasteiger partial charge on any atom is 0.488 e. The van der Waals surface area contributed by atoms with E-state index in [1.807, 2.05) is 0 Å². The average Bonchev–Trinajstić information content (AvgIpc) is 2.04. The molecule has 13 heavy (non-hydrogen) atoms. The fourth-order valence-corrected chi connectivity index (χ4v) is 1.05. The molecule has 2 nitrogen and oxygen atoms in total. The predicted octanol–water partition coefficient (Wildman–Crippen LogP) is 0.612. The van der Waals surface area contributed by atoms with Crippen LogP contribution in [0.4, 0.5) is 8.78 Å². The minimum atomic E-state index is -2.58. The van der Waals surface area contributed by atoms with Gasteiger partial charge in [-0.3, -0.25) is 0 Å². The van der Waals surface area contributed by atoms with E-state index in [0.29, 0.717) is 5.56 Å². The summed E-state index contributed by atoms with van der Waals surface area (Å²) in [7, 11) is -1.70. The van der Waals surface area contributed by atoms with Crippen LogP contribution in [0.5, 0.6) is 0 Å². The summed E-state index contributed by atoms with van der Waals surface area (Å²) in [5.74, 6) is 0. The molecule has 0 saturated carbocycles. The van der Waals surface area contributed by atoms with Crippen LogP contribution in [0.25, 0.3) is 0 Å². The molecule has 5 heteroatoms. The molecule has 1 rings (SSSR count). The zero-order chi connectivity index (χ0) is 10.0. The van der Waals surface area contributed by atoms with Gasteiger partial charge in [-0.05, 0) is 17.9 Å². The van der Waals surface area contributed by atoms with Crippen LogP contribution in [0.3, 0.4) is 0 Å². The summed E-state index contributed by atoms with van der Waals surface area (Å²) >= 11 is 0. The third-order valence-corrected chi connectivity index (χ3v) is 1.84. The average molecular weight is 186 g/mol. The van der Waals surface area contributed by atoms with Gasteiger partial charge in [0.25, 0.3) is 6.43 Å². The van der Waals surface area contributed by atoms with E-state index in [2.05, 4.69) is 0 Å². The third kappa shape index (κ3) is 2.26. The van der Waals surface area contributed by atoms with Crippen LogP contribution in [0.15, 0.2) is 18.2 Å². The maximum absolute atomic E-state index is 12.3. The lowest BCUT2D eigenvalue weighted by atomic mass is 9.79. The fraction of sp³-hybridized carbons (Fsp3) is 0.250. The SMILES string of the molecule is Cc1ccc(B(O)O)cc1C(F)F. The Labute approximate surface area is 75.0 Å². The second-order valence-electron chi connectivity index (χ2n) is 2.79. The summed E-state index contributed by atoms with van der Waals surface area (Å²) in [6.07, 6.45) is -2.58. The number of benzene rings is 1. The van der Waals surface area contributed by atoms with Crippen molar-refractivity contribution in [3.05, 3.63) is 29.3 Å². The first-order chi connectivity index (χ1) is 6.02. The summed E-state index contributed by atoms with van der Waals surface area (Å²) in [4.78, 5) is 0. The molecule has 0 fully saturated rings. The number of halogens is 2. The summed E-state index contributed by atoms with van der Waals surface area (Å²) < 4.78 is 24.6. The van der Waals surface area contributed by atoms with Crippen molar-refractivity contribution in [2.24, 2.45) is 0 Å². The van der Waals surface area contributed by atoms with Crippen LogP contribution < -0.4 is 5.46 Å². The van der Waals surface area contributed by atoms with E-state index in [9.17, 15) is 8.78 Å². The molecule has 0 radical (unpaired) electrons. The molecule has 0 atom stereocenters. The molecule has 0 aliphatic heterocycles. The Morgan fingerprint density at radius 3 is 2.38 bits per heavy atom. The van der Waals surface area contributed by atoms with Crippen molar-refractivity contribution < 1.29 is 18.8 Å². The van der Waals surface area contributed by atoms with Crippen molar-refractivity contribution in [1.29, 1.82) is 0 Å². The molecule has 0 aromatic heterocycles. The Morgan fingerprint density at radius 2 is 1.92 bits per heavy atom. The van der Waals surface area contributed by atoms with Gasteiger partial charge in [0.15, 0.2) is 0 Å².